The maximum absolute atomic E-state index is 5.33. The molecule has 1 saturated heterocycles. The van der Waals surface area contributed by atoms with Crippen LogP contribution >= 0.6 is 0 Å². The minimum absolute atomic E-state index is 0.454. The molecule has 1 aromatic heterocycles. The van der Waals surface area contributed by atoms with Crippen molar-refractivity contribution in [2.75, 3.05) is 18.5 Å². The first kappa shape index (κ1) is 10.5. The fourth-order valence-corrected chi connectivity index (χ4v) is 1.90. The van der Waals surface area contributed by atoms with Gasteiger partial charge in [-0.3, -0.25) is 4.68 Å². The molecule has 1 unspecified atom stereocenters. The fraction of sp³-hybridized carbons (Fsp3) is 0.727. The van der Waals surface area contributed by atoms with Crippen molar-refractivity contribution in [1.82, 2.24) is 9.78 Å². The highest BCUT2D eigenvalue weighted by molar-refractivity contribution is 5.38. The number of aromatic nitrogens is 2. The minimum atomic E-state index is 0.454. The Hall–Kier alpha value is -1.03. The Morgan fingerprint density at radius 1 is 1.67 bits per heavy atom. The molecule has 4 heteroatoms. The van der Waals surface area contributed by atoms with Crippen LogP contribution in [-0.4, -0.2) is 29.0 Å². The van der Waals surface area contributed by atoms with Crippen molar-refractivity contribution >= 4 is 5.82 Å². The van der Waals surface area contributed by atoms with E-state index in [2.05, 4.69) is 23.4 Å². The maximum Gasteiger partial charge on any atom is 0.124 e. The number of aryl methyl sites for hydroxylation is 2. The number of ether oxygens (including phenoxy) is 1. The third-order valence-electron chi connectivity index (χ3n) is 2.72. The van der Waals surface area contributed by atoms with E-state index in [0.717, 1.165) is 38.3 Å². The number of nitrogens with zero attached hydrogens (tertiary/aromatic N) is 2. The van der Waals surface area contributed by atoms with E-state index in [4.69, 9.17) is 4.74 Å². The molecule has 1 aliphatic heterocycles. The molecule has 0 aromatic carbocycles. The van der Waals surface area contributed by atoms with Crippen molar-refractivity contribution in [3.63, 3.8) is 0 Å². The molecule has 0 bridgehead atoms. The van der Waals surface area contributed by atoms with Gasteiger partial charge in [0.25, 0.3) is 0 Å². The van der Waals surface area contributed by atoms with Crippen LogP contribution in [0, 0.1) is 0 Å². The van der Waals surface area contributed by atoms with Crippen molar-refractivity contribution < 1.29 is 4.74 Å². The van der Waals surface area contributed by atoms with Crippen LogP contribution in [0.15, 0.2) is 6.07 Å². The standard InChI is InChI=1S/C11H19N3O/c1-3-4-9-7-11(14(2)13-9)12-10-5-6-15-8-10/h7,10,12H,3-6,8H2,1-2H3. The van der Waals surface area contributed by atoms with E-state index in [9.17, 15) is 0 Å². The average Bonchev–Trinajstić information content (AvgIpc) is 2.79. The number of hydrogen-bond donors (Lipinski definition) is 1. The van der Waals surface area contributed by atoms with Crippen molar-refractivity contribution in [1.29, 1.82) is 0 Å². The van der Waals surface area contributed by atoms with Gasteiger partial charge in [0.05, 0.1) is 18.3 Å². The normalized spacial score (nSPS) is 20.8. The van der Waals surface area contributed by atoms with Gasteiger partial charge in [0.2, 0.25) is 0 Å². The molecular formula is C11H19N3O. The van der Waals surface area contributed by atoms with Crippen molar-refractivity contribution in [2.24, 2.45) is 7.05 Å². The lowest BCUT2D eigenvalue weighted by Gasteiger charge is -2.11. The Bertz CT molecular complexity index is 316. The first-order valence-electron chi connectivity index (χ1n) is 5.66. The SMILES string of the molecule is CCCc1cc(NC2CCOC2)n(C)n1. The summed E-state index contributed by atoms with van der Waals surface area (Å²) in [5, 5.41) is 7.92. The van der Waals surface area contributed by atoms with E-state index in [-0.39, 0.29) is 0 Å². The van der Waals surface area contributed by atoms with Crippen LogP contribution in [0.1, 0.15) is 25.5 Å². The summed E-state index contributed by atoms with van der Waals surface area (Å²) in [6.07, 6.45) is 3.29. The third kappa shape index (κ3) is 2.50. The average molecular weight is 209 g/mol. The van der Waals surface area contributed by atoms with Gasteiger partial charge in [-0.05, 0) is 12.8 Å². The molecule has 2 heterocycles. The minimum Gasteiger partial charge on any atom is -0.379 e. The van der Waals surface area contributed by atoms with Crippen LogP contribution in [0.3, 0.4) is 0 Å². The van der Waals surface area contributed by atoms with Gasteiger partial charge in [-0.25, -0.2) is 0 Å². The lowest BCUT2D eigenvalue weighted by Crippen LogP contribution is -2.20. The molecule has 1 N–H and O–H groups in total. The summed E-state index contributed by atoms with van der Waals surface area (Å²) >= 11 is 0. The summed E-state index contributed by atoms with van der Waals surface area (Å²) in [4.78, 5) is 0. The van der Waals surface area contributed by atoms with Crippen molar-refractivity contribution in [3.05, 3.63) is 11.8 Å². The smallest absolute Gasteiger partial charge is 0.124 e. The van der Waals surface area contributed by atoms with E-state index in [1.807, 2.05) is 11.7 Å². The molecule has 0 spiro atoms. The molecule has 4 nitrogen and oxygen atoms in total. The third-order valence-corrected chi connectivity index (χ3v) is 2.72. The molecule has 1 aromatic rings. The predicted octanol–water partition coefficient (Wildman–Crippen LogP) is 1.57. The van der Waals surface area contributed by atoms with E-state index >= 15 is 0 Å². The zero-order valence-electron chi connectivity index (χ0n) is 9.49. The van der Waals surface area contributed by atoms with Crippen LogP contribution in [0.5, 0.6) is 0 Å². The fourth-order valence-electron chi connectivity index (χ4n) is 1.90. The van der Waals surface area contributed by atoms with Crippen molar-refractivity contribution in [3.8, 4) is 0 Å². The second-order valence-corrected chi connectivity index (χ2v) is 4.10. The summed E-state index contributed by atoms with van der Waals surface area (Å²) in [6, 6.07) is 2.59. The second-order valence-electron chi connectivity index (χ2n) is 4.10. The van der Waals surface area contributed by atoms with E-state index in [0.29, 0.717) is 6.04 Å². The summed E-state index contributed by atoms with van der Waals surface area (Å²) in [6.45, 7) is 3.86. The number of hydrogen-bond acceptors (Lipinski definition) is 3. The van der Waals surface area contributed by atoms with Gasteiger partial charge in [-0.15, -0.1) is 0 Å². The van der Waals surface area contributed by atoms with Gasteiger partial charge in [0.15, 0.2) is 0 Å². The highest BCUT2D eigenvalue weighted by Crippen LogP contribution is 2.15. The van der Waals surface area contributed by atoms with Crippen LogP contribution in [-0.2, 0) is 18.2 Å². The summed E-state index contributed by atoms with van der Waals surface area (Å²) in [5.74, 6) is 1.11. The van der Waals surface area contributed by atoms with Crippen molar-refractivity contribution in [2.45, 2.75) is 32.2 Å². The topological polar surface area (TPSA) is 39.1 Å². The molecule has 1 fully saturated rings. The largest absolute Gasteiger partial charge is 0.379 e. The van der Waals surface area contributed by atoms with E-state index < -0.39 is 0 Å². The molecule has 0 aliphatic carbocycles. The molecule has 0 radical (unpaired) electrons. The zero-order valence-corrected chi connectivity index (χ0v) is 9.49. The van der Waals surface area contributed by atoms with Crippen LogP contribution < -0.4 is 5.32 Å². The molecule has 84 valence electrons. The molecule has 1 atom stereocenters. The first-order chi connectivity index (χ1) is 7.29. The quantitative estimate of drug-likeness (QED) is 0.818. The monoisotopic (exact) mass is 209 g/mol. The van der Waals surface area contributed by atoms with Gasteiger partial charge in [0.1, 0.15) is 5.82 Å². The molecule has 0 amide bonds. The van der Waals surface area contributed by atoms with Gasteiger partial charge >= 0.3 is 0 Å². The lowest BCUT2D eigenvalue weighted by molar-refractivity contribution is 0.195. The Morgan fingerprint density at radius 2 is 2.53 bits per heavy atom. The maximum atomic E-state index is 5.33. The highest BCUT2D eigenvalue weighted by Gasteiger charge is 2.16. The molecule has 1 aliphatic rings. The molecule has 2 rings (SSSR count). The summed E-state index contributed by atoms with van der Waals surface area (Å²) in [7, 11) is 1.98. The van der Waals surface area contributed by atoms with Gasteiger partial charge in [0, 0.05) is 19.7 Å². The summed E-state index contributed by atoms with van der Waals surface area (Å²) in [5.41, 5.74) is 1.17. The van der Waals surface area contributed by atoms with E-state index in [1.54, 1.807) is 0 Å². The molecule has 15 heavy (non-hydrogen) atoms. The first-order valence-corrected chi connectivity index (χ1v) is 5.66. The Labute approximate surface area is 90.6 Å². The second kappa shape index (κ2) is 4.66. The Morgan fingerprint density at radius 3 is 3.20 bits per heavy atom. The van der Waals surface area contributed by atoms with Gasteiger partial charge in [-0.2, -0.15) is 5.10 Å². The summed E-state index contributed by atoms with van der Waals surface area (Å²) < 4.78 is 7.25. The molecular weight excluding hydrogens is 190 g/mol. The van der Waals surface area contributed by atoms with E-state index in [1.165, 1.54) is 5.69 Å². The number of rotatable bonds is 4. The van der Waals surface area contributed by atoms with Gasteiger partial charge < -0.3 is 10.1 Å². The van der Waals surface area contributed by atoms with Gasteiger partial charge in [-0.1, -0.05) is 13.3 Å². The number of nitrogens with one attached hydrogen (secondary N) is 1. The Balaban J connectivity index is 2.00. The van der Waals surface area contributed by atoms with Crippen LogP contribution in [0.2, 0.25) is 0 Å². The lowest BCUT2D eigenvalue weighted by atomic mass is 10.2. The number of anilines is 1. The predicted molar refractivity (Wildman–Crippen MR) is 60.0 cm³/mol. The highest BCUT2D eigenvalue weighted by atomic mass is 16.5. The Kier molecular flexibility index (Phi) is 3.26. The van der Waals surface area contributed by atoms with Crippen LogP contribution in [0.4, 0.5) is 5.82 Å². The van der Waals surface area contributed by atoms with Crippen LogP contribution in [0.25, 0.3) is 0 Å². The molecule has 0 saturated carbocycles. The zero-order chi connectivity index (χ0) is 10.7.